The number of benzene rings is 1. The van der Waals surface area contributed by atoms with Crippen LogP contribution in [0, 0.1) is 6.92 Å². The topological polar surface area (TPSA) is 113 Å². The fourth-order valence-corrected chi connectivity index (χ4v) is 3.10. The normalized spacial score (nSPS) is 10.8. The third-order valence-electron chi connectivity index (χ3n) is 4.65. The van der Waals surface area contributed by atoms with Crippen molar-refractivity contribution >= 4 is 5.97 Å². The van der Waals surface area contributed by atoms with Crippen molar-refractivity contribution in [3.05, 3.63) is 77.4 Å². The van der Waals surface area contributed by atoms with Crippen molar-refractivity contribution in [3.8, 4) is 23.2 Å². The number of aromatic nitrogens is 4. The molecular weight excluding hydrogens is 412 g/mol. The Kier molecular flexibility index (Phi) is 6.16. The van der Waals surface area contributed by atoms with Crippen LogP contribution in [0.2, 0.25) is 0 Å². The van der Waals surface area contributed by atoms with Crippen molar-refractivity contribution in [2.75, 3.05) is 0 Å². The van der Waals surface area contributed by atoms with Crippen LogP contribution < -0.4 is 9.47 Å². The molecule has 4 aromatic rings. The first-order chi connectivity index (χ1) is 15.5. The smallest absolute Gasteiger partial charge is 0.308 e. The number of ether oxygens (including phenoxy) is 2. The van der Waals surface area contributed by atoms with Crippen LogP contribution >= 0.6 is 0 Å². The number of nitrogens with zero attached hydrogens (tertiary/aromatic N) is 4. The summed E-state index contributed by atoms with van der Waals surface area (Å²) in [5.74, 6) is 0.997. The van der Waals surface area contributed by atoms with Crippen molar-refractivity contribution in [3.63, 3.8) is 0 Å². The zero-order valence-corrected chi connectivity index (χ0v) is 17.7. The van der Waals surface area contributed by atoms with E-state index in [2.05, 4.69) is 15.1 Å². The van der Waals surface area contributed by atoms with Crippen LogP contribution in [0.3, 0.4) is 0 Å². The number of carbonyl (C=O) groups is 1. The zero-order valence-electron chi connectivity index (χ0n) is 17.7. The van der Waals surface area contributed by atoms with E-state index in [1.165, 1.54) is 4.68 Å². The maximum atomic E-state index is 11.0. The molecule has 0 aliphatic rings. The van der Waals surface area contributed by atoms with E-state index in [0.717, 1.165) is 11.1 Å². The Morgan fingerprint density at radius 3 is 2.75 bits per heavy atom. The minimum absolute atomic E-state index is 0.157. The molecule has 4 rings (SSSR count). The monoisotopic (exact) mass is 434 g/mol. The number of rotatable bonds is 9. The van der Waals surface area contributed by atoms with E-state index in [1.54, 1.807) is 31.6 Å². The summed E-state index contributed by atoms with van der Waals surface area (Å²) in [6, 6.07) is 13.2. The number of hydrogen-bond acceptors (Lipinski definition) is 7. The molecule has 0 bridgehead atoms. The van der Waals surface area contributed by atoms with Gasteiger partial charge >= 0.3 is 5.97 Å². The molecule has 0 saturated heterocycles. The van der Waals surface area contributed by atoms with Gasteiger partial charge in [0.15, 0.2) is 0 Å². The van der Waals surface area contributed by atoms with Crippen LogP contribution in [-0.4, -0.2) is 30.8 Å². The fraction of sp³-hybridized carbons (Fsp3) is 0.217. The predicted molar refractivity (Wildman–Crippen MR) is 114 cm³/mol. The zero-order chi connectivity index (χ0) is 22.5. The molecule has 1 aromatic carbocycles. The lowest BCUT2D eigenvalue weighted by atomic mass is 10.2. The molecular formula is C23H22N4O5. The van der Waals surface area contributed by atoms with Crippen LogP contribution in [0.5, 0.6) is 11.8 Å². The Balaban J connectivity index is 1.39. The number of oxazole rings is 1. The number of carboxylic acids is 1. The van der Waals surface area contributed by atoms with Gasteiger partial charge in [0.05, 0.1) is 6.42 Å². The summed E-state index contributed by atoms with van der Waals surface area (Å²) >= 11 is 0. The van der Waals surface area contributed by atoms with E-state index in [9.17, 15) is 4.79 Å². The van der Waals surface area contributed by atoms with E-state index < -0.39 is 5.97 Å². The van der Waals surface area contributed by atoms with Crippen molar-refractivity contribution in [1.29, 1.82) is 0 Å². The van der Waals surface area contributed by atoms with Gasteiger partial charge < -0.3 is 19.0 Å². The van der Waals surface area contributed by atoms with Gasteiger partial charge in [-0.1, -0.05) is 18.2 Å². The van der Waals surface area contributed by atoms with Crippen molar-refractivity contribution in [1.82, 2.24) is 19.7 Å². The SMILES string of the molecule is Cc1oc(-c2ccccc2)nc1COc1cc(COc2nn(C)cc2CC(=O)O)ccn1. The number of aryl methyl sites for hydroxylation is 2. The Bertz CT molecular complexity index is 1220. The fourth-order valence-electron chi connectivity index (χ4n) is 3.10. The van der Waals surface area contributed by atoms with Crippen molar-refractivity contribution in [2.24, 2.45) is 7.05 Å². The summed E-state index contributed by atoms with van der Waals surface area (Å²) in [5.41, 5.74) is 2.92. The highest BCUT2D eigenvalue weighted by Crippen LogP contribution is 2.23. The summed E-state index contributed by atoms with van der Waals surface area (Å²) in [4.78, 5) is 19.8. The summed E-state index contributed by atoms with van der Waals surface area (Å²) in [6.45, 7) is 2.25. The number of carboxylic acid groups (broad SMARTS) is 1. The number of pyridine rings is 1. The molecule has 3 heterocycles. The average molecular weight is 434 g/mol. The molecule has 0 aliphatic heterocycles. The lowest BCUT2D eigenvalue weighted by Gasteiger charge is -2.07. The molecule has 9 heteroatoms. The van der Waals surface area contributed by atoms with Crippen LogP contribution in [0.15, 0.2) is 59.3 Å². The molecule has 0 unspecified atom stereocenters. The molecule has 32 heavy (non-hydrogen) atoms. The summed E-state index contributed by atoms with van der Waals surface area (Å²) in [6.07, 6.45) is 3.10. The molecule has 9 nitrogen and oxygen atoms in total. The molecule has 0 saturated carbocycles. The number of aliphatic carboxylic acids is 1. The molecule has 3 aromatic heterocycles. The Labute approximate surface area is 184 Å². The van der Waals surface area contributed by atoms with Gasteiger partial charge in [0.25, 0.3) is 0 Å². The highest BCUT2D eigenvalue weighted by molar-refractivity contribution is 5.70. The average Bonchev–Trinajstić information content (AvgIpc) is 3.32. The highest BCUT2D eigenvalue weighted by atomic mass is 16.5. The molecule has 0 fully saturated rings. The Hall–Kier alpha value is -4.14. The van der Waals surface area contributed by atoms with Gasteiger partial charge in [-0.2, -0.15) is 0 Å². The predicted octanol–water partition coefficient (Wildman–Crippen LogP) is 3.56. The lowest BCUT2D eigenvalue weighted by Crippen LogP contribution is -2.04. The lowest BCUT2D eigenvalue weighted by molar-refractivity contribution is -0.136. The van der Waals surface area contributed by atoms with Gasteiger partial charge in [0.1, 0.15) is 24.7 Å². The molecule has 0 amide bonds. The second-order valence-corrected chi connectivity index (χ2v) is 7.17. The van der Waals surface area contributed by atoms with E-state index in [1.807, 2.05) is 37.3 Å². The molecule has 0 spiro atoms. The molecule has 0 atom stereocenters. The first-order valence-electron chi connectivity index (χ1n) is 9.94. The summed E-state index contributed by atoms with van der Waals surface area (Å²) in [5, 5.41) is 13.2. The summed E-state index contributed by atoms with van der Waals surface area (Å²) in [7, 11) is 1.71. The van der Waals surface area contributed by atoms with Gasteiger partial charge in [0, 0.05) is 36.6 Å². The van der Waals surface area contributed by atoms with E-state index >= 15 is 0 Å². The van der Waals surface area contributed by atoms with E-state index in [0.29, 0.717) is 34.7 Å². The third kappa shape index (κ3) is 5.12. The van der Waals surface area contributed by atoms with Crippen LogP contribution in [0.25, 0.3) is 11.5 Å². The van der Waals surface area contributed by atoms with Gasteiger partial charge in [-0.25, -0.2) is 9.97 Å². The standard InChI is InChI=1S/C23H22N4O5/c1-15-19(25-22(32-15)17-6-4-3-5-7-17)14-30-20-10-16(8-9-24-20)13-31-23-18(11-21(28)29)12-27(2)26-23/h3-10,12H,11,13-14H2,1-2H3,(H,28,29). The maximum Gasteiger partial charge on any atom is 0.308 e. The van der Waals surface area contributed by atoms with Crippen LogP contribution in [0.1, 0.15) is 22.6 Å². The number of hydrogen-bond donors (Lipinski definition) is 1. The molecule has 164 valence electrons. The quantitative estimate of drug-likeness (QED) is 0.425. The maximum absolute atomic E-state index is 11.0. The van der Waals surface area contributed by atoms with Crippen LogP contribution in [-0.2, 0) is 31.5 Å². The van der Waals surface area contributed by atoms with E-state index in [-0.39, 0.29) is 19.6 Å². The second-order valence-electron chi connectivity index (χ2n) is 7.17. The molecule has 0 aliphatic carbocycles. The molecule has 0 radical (unpaired) electrons. The highest BCUT2D eigenvalue weighted by Gasteiger charge is 2.14. The van der Waals surface area contributed by atoms with Crippen LogP contribution in [0.4, 0.5) is 0 Å². The van der Waals surface area contributed by atoms with Gasteiger partial charge in [-0.3, -0.25) is 9.48 Å². The largest absolute Gasteiger partial charge is 0.481 e. The minimum Gasteiger partial charge on any atom is -0.481 e. The summed E-state index contributed by atoms with van der Waals surface area (Å²) < 4.78 is 18.8. The first kappa shape index (κ1) is 21.1. The second kappa shape index (κ2) is 9.34. The third-order valence-corrected chi connectivity index (χ3v) is 4.65. The Morgan fingerprint density at radius 2 is 1.97 bits per heavy atom. The minimum atomic E-state index is -0.944. The Morgan fingerprint density at radius 1 is 1.16 bits per heavy atom. The van der Waals surface area contributed by atoms with Gasteiger partial charge in [-0.05, 0) is 30.7 Å². The van der Waals surface area contributed by atoms with Gasteiger partial charge in [-0.15, -0.1) is 5.10 Å². The first-order valence-corrected chi connectivity index (χ1v) is 9.94. The van der Waals surface area contributed by atoms with Crippen molar-refractivity contribution in [2.45, 2.75) is 26.6 Å². The van der Waals surface area contributed by atoms with E-state index in [4.69, 9.17) is 19.0 Å². The van der Waals surface area contributed by atoms with Gasteiger partial charge in [0.2, 0.25) is 17.7 Å². The van der Waals surface area contributed by atoms with Crippen molar-refractivity contribution < 1.29 is 23.8 Å². The molecule has 1 N–H and O–H groups in total.